The summed E-state index contributed by atoms with van der Waals surface area (Å²) in [6.07, 6.45) is -43.3. The highest BCUT2D eigenvalue weighted by Gasteiger charge is 2.57. The van der Waals surface area contributed by atoms with Gasteiger partial charge < -0.3 is 120 Å². The molecule has 31 heteroatoms. The summed E-state index contributed by atoms with van der Waals surface area (Å²) in [5, 5.41) is 142. The van der Waals surface area contributed by atoms with Gasteiger partial charge in [0.25, 0.3) is 0 Å². The fraction of sp³-hybridized carbons (Fsp3) is 0.941. The Bertz CT molecular complexity index is 1670. The van der Waals surface area contributed by atoms with Crippen LogP contribution in [0.1, 0.15) is 20.8 Å². The number of ether oxygens (including phenoxy) is 9. The SMILES string of the molecule is CC(=O)N[C@@H]1[C@@H](O[C@@H]2O[C@H](CO)[C@H](O)[C@H](OS(=O)(=O)O)[C@H]2O)[C@@H](O)[C@@H](CO[C@@H]2O[C@H](CO)[C@@H](O[C@@H]3O[C@H](CO)[C@H](O)[C@H](O)[C@H]3O)[C@H](O[C@@H]3O[C@@H](C)[C@@H](O)[C@@H](O)[C@@H]3O)[C@H]2NC(C)=O)O[C@@H]1O. The second-order valence-corrected chi connectivity index (χ2v) is 17.0. The number of hydrogen-bond donors (Lipinski definition) is 16. The van der Waals surface area contributed by atoms with Crippen molar-refractivity contribution in [1.29, 1.82) is 0 Å². The van der Waals surface area contributed by atoms with E-state index in [9.17, 15) is 88.9 Å². The zero-order valence-corrected chi connectivity index (χ0v) is 35.5. The quantitative estimate of drug-likeness (QED) is 0.0639. The van der Waals surface area contributed by atoms with Crippen LogP contribution in [0.3, 0.4) is 0 Å². The molecule has 5 aliphatic rings. The average Bonchev–Trinajstić information content (AvgIpc) is 3.24. The largest absolute Gasteiger partial charge is 0.397 e. The van der Waals surface area contributed by atoms with Gasteiger partial charge in [-0.15, -0.1) is 0 Å². The standard InChI is InChI=1S/C34H58N2O28S/c1-8-17(42)21(46)23(48)32(56-8)63-28-16(36-10(3)41)31(60-13(6-39)26(28)61-33-24(49)22(47)18(43)11(4-37)58-33)55-7-14-20(45)27(15(30(51)57-14)35-9(2)40)62-34-25(50)29(64-65(52,53)54)19(44)12(5-38)59-34/h8,11-34,37-39,42-51H,4-7H2,1-3H3,(H,35,40)(H,36,41)(H,52,53,54)/t8-,11+,12+,13+,14+,15+,16+,17+,18-,19-,20-,21+,22-,23-,24+,25+,26+,27+,28+,29-,30-,31+,32-,33-,34-/m0/s1. The summed E-state index contributed by atoms with van der Waals surface area (Å²) in [6, 6.07) is -3.40. The Morgan fingerprint density at radius 2 is 0.969 bits per heavy atom. The van der Waals surface area contributed by atoms with Crippen LogP contribution in [-0.2, 0) is 66.8 Å². The maximum Gasteiger partial charge on any atom is 0.397 e. The van der Waals surface area contributed by atoms with E-state index in [0.717, 1.165) is 13.8 Å². The van der Waals surface area contributed by atoms with Gasteiger partial charge in [-0.05, 0) is 6.92 Å². The van der Waals surface area contributed by atoms with E-state index in [1.54, 1.807) is 0 Å². The van der Waals surface area contributed by atoms with Gasteiger partial charge in [0.2, 0.25) is 11.8 Å². The Kier molecular flexibility index (Phi) is 18.7. The number of aliphatic hydroxyl groups excluding tert-OH is 13. The number of carbonyl (C=O) groups excluding carboxylic acids is 2. The fourth-order valence-corrected chi connectivity index (χ4v) is 8.42. The normalized spacial score (nSPS) is 47.5. The van der Waals surface area contributed by atoms with E-state index in [4.69, 9.17) is 42.6 Å². The van der Waals surface area contributed by atoms with Crippen molar-refractivity contribution < 1.29 is 136 Å². The van der Waals surface area contributed by atoms with Gasteiger partial charge in [-0.3, -0.25) is 14.1 Å². The summed E-state index contributed by atoms with van der Waals surface area (Å²) in [5.74, 6) is -1.65. The third kappa shape index (κ3) is 12.4. The van der Waals surface area contributed by atoms with Crippen LogP contribution in [-0.4, -0.2) is 271 Å². The second-order valence-electron chi connectivity index (χ2n) is 15.9. The Morgan fingerprint density at radius 3 is 1.52 bits per heavy atom. The molecule has 2 amide bonds. The number of amides is 2. The highest BCUT2D eigenvalue weighted by atomic mass is 32.3. The lowest BCUT2D eigenvalue weighted by atomic mass is 9.94. The first-order valence-electron chi connectivity index (χ1n) is 20.1. The molecule has 0 saturated carbocycles. The first kappa shape index (κ1) is 53.9. The van der Waals surface area contributed by atoms with Gasteiger partial charge in [0.15, 0.2) is 31.5 Å². The number of nitrogens with one attached hydrogen (secondary N) is 2. The molecular weight excluding hydrogens is 916 g/mol. The van der Waals surface area contributed by atoms with Gasteiger partial charge in [-0.2, -0.15) is 8.42 Å². The molecule has 65 heavy (non-hydrogen) atoms. The minimum atomic E-state index is -5.36. The van der Waals surface area contributed by atoms with Gasteiger partial charge in [0.1, 0.15) is 116 Å². The van der Waals surface area contributed by atoms with Crippen molar-refractivity contribution in [2.24, 2.45) is 0 Å². The van der Waals surface area contributed by atoms with Crippen molar-refractivity contribution in [2.45, 2.75) is 174 Å². The van der Waals surface area contributed by atoms with Gasteiger partial charge in [-0.1, -0.05) is 0 Å². The molecule has 0 bridgehead atoms. The van der Waals surface area contributed by atoms with Gasteiger partial charge >= 0.3 is 10.4 Å². The number of rotatable bonds is 16. The van der Waals surface area contributed by atoms with E-state index in [0.29, 0.717) is 0 Å². The fourth-order valence-electron chi connectivity index (χ4n) is 7.91. The minimum absolute atomic E-state index is 0.826. The van der Waals surface area contributed by atoms with Crippen LogP contribution in [0.5, 0.6) is 0 Å². The molecule has 0 unspecified atom stereocenters. The maximum absolute atomic E-state index is 12.8. The first-order valence-corrected chi connectivity index (χ1v) is 21.5. The van der Waals surface area contributed by atoms with Gasteiger partial charge in [-0.25, -0.2) is 4.18 Å². The highest BCUT2D eigenvalue weighted by molar-refractivity contribution is 7.80. The van der Waals surface area contributed by atoms with Gasteiger partial charge in [0.05, 0.1) is 32.5 Å². The van der Waals surface area contributed by atoms with Crippen molar-refractivity contribution >= 4 is 22.2 Å². The zero-order chi connectivity index (χ0) is 48.4. The smallest absolute Gasteiger partial charge is 0.394 e. The van der Waals surface area contributed by atoms with E-state index in [1.165, 1.54) is 6.92 Å². The lowest BCUT2D eigenvalue weighted by molar-refractivity contribution is -0.376. The summed E-state index contributed by atoms with van der Waals surface area (Å²) >= 11 is 0. The van der Waals surface area contributed by atoms with Crippen LogP contribution in [0.15, 0.2) is 0 Å². The van der Waals surface area contributed by atoms with E-state index in [2.05, 4.69) is 14.8 Å². The zero-order valence-electron chi connectivity index (χ0n) is 34.6. The van der Waals surface area contributed by atoms with Gasteiger partial charge in [0, 0.05) is 13.8 Å². The van der Waals surface area contributed by atoms with Crippen molar-refractivity contribution in [3.05, 3.63) is 0 Å². The number of hydrogen-bond acceptors (Lipinski definition) is 27. The molecule has 0 spiro atoms. The minimum Gasteiger partial charge on any atom is -0.394 e. The predicted octanol–water partition coefficient (Wildman–Crippen LogP) is -10.8. The summed E-state index contributed by atoms with van der Waals surface area (Å²) < 4.78 is 88.4. The average molecular weight is 975 g/mol. The molecular formula is C34H58N2O28S. The number of carbonyl (C=O) groups is 2. The van der Waals surface area contributed by atoms with Crippen molar-refractivity contribution in [2.75, 3.05) is 26.4 Å². The Morgan fingerprint density at radius 1 is 0.508 bits per heavy atom. The Balaban J connectivity index is 1.45. The molecule has 25 atom stereocenters. The molecule has 30 nitrogen and oxygen atoms in total. The summed E-state index contributed by atoms with van der Waals surface area (Å²) in [5.41, 5.74) is 0. The Hall–Kier alpha value is -2.07. The second kappa shape index (κ2) is 22.6. The molecule has 5 aliphatic heterocycles. The monoisotopic (exact) mass is 974 g/mol. The third-order valence-corrected chi connectivity index (χ3v) is 11.7. The van der Waals surface area contributed by atoms with Crippen LogP contribution in [0.25, 0.3) is 0 Å². The van der Waals surface area contributed by atoms with Crippen LogP contribution in [0, 0.1) is 0 Å². The van der Waals surface area contributed by atoms with Crippen molar-refractivity contribution in [3.63, 3.8) is 0 Å². The van der Waals surface area contributed by atoms with Crippen LogP contribution >= 0.6 is 0 Å². The maximum atomic E-state index is 12.8. The van der Waals surface area contributed by atoms with Crippen LogP contribution < -0.4 is 10.6 Å². The molecule has 0 radical (unpaired) electrons. The van der Waals surface area contributed by atoms with E-state index < -0.39 is 202 Å². The molecule has 5 saturated heterocycles. The molecule has 16 N–H and O–H groups in total. The highest BCUT2D eigenvalue weighted by Crippen LogP contribution is 2.35. The Labute approximate surface area is 368 Å². The summed E-state index contributed by atoms with van der Waals surface area (Å²) in [6.45, 7) is -0.485. The predicted molar refractivity (Wildman–Crippen MR) is 199 cm³/mol. The molecule has 5 rings (SSSR count). The lowest BCUT2D eigenvalue weighted by Gasteiger charge is -2.50. The van der Waals surface area contributed by atoms with E-state index >= 15 is 0 Å². The van der Waals surface area contributed by atoms with E-state index in [-0.39, 0.29) is 0 Å². The number of aliphatic hydroxyl groups is 13. The van der Waals surface area contributed by atoms with Crippen molar-refractivity contribution in [3.8, 4) is 0 Å². The first-order chi connectivity index (χ1) is 30.4. The molecule has 0 aromatic rings. The molecule has 5 heterocycles. The molecule has 378 valence electrons. The lowest BCUT2D eigenvalue weighted by Crippen LogP contribution is -2.70. The molecule has 0 aromatic carbocycles. The topological polar surface area (TPSA) is 468 Å². The third-order valence-electron chi connectivity index (χ3n) is 11.3. The molecule has 0 aromatic heterocycles. The summed E-state index contributed by atoms with van der Waals surface area (Å²) in [4.78, 5) is 25.0. The van der Waals surface area contributed by atoms with E-state index in [1.807, 2.05) is 0 Å². The van der Waals surface area contributed by atoms with Crippen LogP contribution in [0.2, 0.25) is 0 Å². The summed E-state index contributed by atoms with van der Waals surface area (Å²) in [7, 11) is -5.36. The molecule has 0 aliphatic carbocycles. The van der Waals surface area contributed by atoms with Crippen molar-refractivity contribution in [1.82, 2.24) is 10.6 Å². The molecule has 5 fully saturated rings. The van der Waals surface area contributed by atoms with Crippen LogP contribution in [0.4, 0.5) is 0 Å².